The fourth-order valence-corrected chi connectivity index (χ4v) is 1.80. The van der Waals surface area contributed by atoms with Gasteiger partial charge in [0.25, 0.3) is 0 Å². The molecule has 0 unspecified atom stereocenters. The highest BCUT2D eigenvalue weighted by molar-refractivity contribution is 5.20. The Morgan fingerprint density at radius 1 is 1.14 bits per heavy atom. The van der Waals surface area contributed by atoms with Crippen molar-refractivity contribution in [1.82, 2.24) is 10.3 Å². The van der Waals surface area contributed by atoms with E-state index in [2.05, 4.69) is 17.2 Å². The largest absolute Gasteiger partial charge is 0.474 e. The van der Waals surface area contributed by atoms with Gasteiger partial charge in [-0.3, -0.25) is 0 Å². The lowest BCUT2D eigenvalue weighted by molar-refractivity contribution is 0.0838. The first-order valence-electron chi connectivity index (χ1n) is 8.60. The molecule has 0 bridgehead atoms. The summed E-state index contributed by atoms with van der Waals surface area (Å²) in [5, 5.41) is 3.24. The normalized spacial score (nSPS) is 18.5. The third kappa shape index (κ3) is 8.71. The Kier molecular flexibility index (Phi) is 16.2. The van der Waals surface area contributed by atoms with E-state index in [1.165, 1.54) is 5.56 Å². The average molecular weight is 296 g/mol. The minimum absolute atomic E-state index is 0.349. The minimum atomic E-state index is 0.349. The van der Waals surface area contributed by atoms with Crippen molar-refractivity contribution in [2.24, 2.45) is 0 Å². The summed E-state index contributed by atoms with van der Waals surface area (Å²) in [7, 11) is 2.00. The van der Waals surface area contributed by atoms with Crippen LogP contribution in [0.1, 0.15) is 66.9 Å². The summed E-state index contributed by atoms with van der Waals surface area (Å²) in [6.45, 7) is 14.1. The molecule has 0 saturated heterocycles. The summed E-state index contributed by atoms with van der Waals surface area (Å²) in [6.07, 6.45) is 5.38. The van der Waals surface area contributed by atoms with Crippen molar-refractivity contribution in [3.63, 3.8) is 0 Å². The lowest BCUT2D eigenvalue weighted by Crippen LogP contribution is -2.45. The number of rotatable bonds is 4. The van der Waals surface area contributed by atoms with Crippen LogP contribution in [-0.4, -0.2) is 24.2 Å². The van der Waals surface area contributed by atoms with Crippen molar-refractivity contribution < 1.29 is 4.74 Å². The van der Waals surface area contributed by atoms with Gasteiger partial charge in [0.1, 0.15) is 6.10 Å². The van der Waals surface area contributed by atoms with E-state index in [-0.39, 0.29) is 0 Å². The fraction of sp³-hybridized carbons (Fsp3) is 0.722. The smallest absolute Gasteiger partial charge is 0.213 e. The van der Waals surface area contributed by atoms with Crippen LogP contribution in [0, 0.1) is 0 Å². The molecule has 1 aromatic heterocycles. The molecule has 1 heterocycles. The maximum Gasteiger partial charge on any atom is 0.213 e. The highest BCUT2D eigenvalue weighted by Crippen LogP contribution is 2.24. The molecule has 2 rings (SSSR count). The number of aryl methyl sites for hydroxylation is 1. The van der Waals surface area contributed by atoms with Crippen molar-refractivity contribution >= 4 is 0 Å². The maximum atomic E-state index is 5.77. The summed E-state index contributed by atoms with van der Waals surface area (Å²) in [4.78, 5) is 4.22. The summed E-state index contributed by atoms with van der Waals surface area (Å²) >= 11 is 0. The number of pyridine rings is 1. The van der Waals surface area contributed by atoms with Crippen LogP contribution in [0.2, 0.25) is 0 Å². The van der Waals surface area contributed by atoms with Crippen molar-refractivity contribution in [2.45, 2.75) is 79.9 Å². The van der Waals surface area contributed by atoms with Gasteiger partial charge in [0.2, 0.25) is 5.88 Å². The number of hydrogen-bond acceptors (Lipinski definition) is 3. The molecular formula is C18H36N2O. The van der Waals surface area contributed by atoms with E-state index >= 15 is 0 Å². The first kappa shape index (κ1) is 22.2. The molecule has 0 aromatic carbocycles. The molecular weight excluding hydrogens is 260 g/mol. The summed E-state index contributed by atoms with van der Waals surface area (Å²) < 4.78 is 5.77. The van der Waals surface area contributed by atoms with Crippen LogP contribution in [0.3, 0.4) is 0 Å². The molecule has 1 saturated carbocycles. The molecule has 1 aliphatic rings. The van der Waals surface area contributed by atoms with E-state index < -0.39 is 0 Å². The fourth-order valence-electron chi connectivity index (χ4n) is 1.80. The second-order valence-electron chi connectivity index (χ2n) is 4.05. The lowest BCUT2D eigenvalue weighted by atomic mass is 9.89. The zero-order valence-corrected chi connectivity index (χ0v) is 15.4. The zero-order valence-electron chi connectivity index (χ0n) is 15.4. The van der Waals surface area contributed by atoms with Gasteiger partial charge in [0, 0.05) is 18.3 Å². The molecule has 0 amide bonds. The van der Waals surface area contributed by atoms with Crippen LogP contribution in [0.4, 0.5) is 0 Å². The van der Waals surface area contributed by atoms with Crippen molar-refractivity contribution in [3.05, 3.63) is 23.9 Å². The number of nitrogens with one attached hydrogen (secondary N) is 1. The standard InChI is InChI=1S/C12H18N2O.3C2H6/c1-3-9-4-5-14-12(6-9)15-11-7-10(8-11)13-2;3*1-2/h4-6,10-11,13H,3,7-8H2,1-2H3;3*1-2H3. The number of aromatic nitrogens is 1. The Bertz CT molecular complexity index is 323. The van der Waals surface area contributed by atoms with Crippen molar-refractivity contribution in [1.29, 1.82) is 0 Å². The van der Waals surface area contributed by atoms with Crippen LogP contribution in [0.25, 0.3) is 0 Å². The SMILES string of the molecule is CC.CC.CC.CCc1ccnc(OC2CC(NC)C2)c1. The monoisotopic (exact) mass is 296 g/mol. The van der Waals surface area contributed by atoms with Crippen molar-refractivity contribution in [3.8, 4) is 5.88 Å². The Morgan fingerprint density at radius 2 is 1.71 bits per heavy atom. The van der Waals surface area contributed by atoms with Gasteiger partial charge in [0.05, 0.1) is 0 Å². The van der Waals surface area contributed by atoms with Crippen LogP contribution in [-0.2, 0) is 6.42 Å². The first-order valence-corrected chi connectivity index (χ1v) is 8.60. The van der Waals surface area contributed by atoms with E-state index in [0.717, 1.165) is 25.1 Å². The Balaban J connectivity index is 0. The molecule has 21 heavy (non-hydrogen) atoms. The molecule has 124 valence electrons. The third-order valence-corrected chi connectivity index (χ3v) is 3.00. The maximum absolute atomic E-state index is 5.77. The highest BCUT2D eigenvalue weighted by atomic mass is 16.5. The Hall–Kier alpha value is -1.09. The summed E-state index contributed by atoms with van der Waals surface area (Å²) in [5.74, 6) is 0.772. The molecule has 0 spiro atoms. The van der Waals surface area contributed by atoms with E-state index in [4.69, 9.17) is 4.74 Å². The van der Waals surface area contributed by atoms with E-state index in [1.807, 2.05) is 66.9 Å². The molecule has 1 aliphatic carbocycles. The van der Waals surface area contributed by atoms with Gasteiger partial charge in [0.15, 0.2) is 0 Å². The molecule has 1 fully saturated rings. The molecule has 3 heteroatoms. The van der Waals surface area contributed by atoms with Gasteiger partial charge >= 0.3 is 0 Å². The van der Waals surface area contributed by atoms with Crippen molar-refractivity contribution in [2.75, 3.05) is 7.05 Å². The van der Waals surface area contributed by atoms with Crippen LogP contribution in [0.5, 0.6) is 5.88 Å². The minimum Gasteiger partial charge on any atom is -0.474 e. The zero-order chi connectivity index (χ0) is 16.7. The summed E-state index contributed by atoms with van der Waals surface area (Å²) in [6, 6.07) is 4.70. The average Bonchev–Trinajstić information content (AvgIpc) is 2.56. The molecule has 0 atom stereocenters. The van der Waals surface area contributed by atoms with E-state index in [0.29, 0.717) is 12.1 Å². The van der Waals surface area contributed by atoms with E-state index in [9.17, 15) is 0 Å². The van der Waals surface area contributed by atoms with Gasteiger partial charge in [-0.05, 0) is 37.9 Å². The molecule has 0 aliphatic heterocycles. The predicted molar refractivity (Wildman–Crippen MR) is 94.2 cm³/mol. The van der Waals surface area contributed by atoms with Gasteiger partial charge in [-0.1, -0.05) is 48.5 Å². The van der Waals surface area contributed by atoms with E-state index in [1.54, 1.807) is 0 Å². The second-order valence-corrected chi connectivity index (χ2v) is 4.05. The highest BCUT2D eigenvalue weighted by Gasteiger charge is 2.29. The molecule has 0 radical (unpaired) electrons. The Labute approximate surface area is 132 Å². The molecule has 1 N–H and O–H groups in total. The summed E-state index contributed by atoms with van der Waals surface area (Å²) in [5.41, 5.74) is 1.28. The quantitative estimate of drug-likeness (QED) is 0.862. The topological polar surface area (TPSA) is 34.1 Å². The van der Waals surface area contributed by atoms with Gasteiger partial charge in [-0.2, -0.15) is 0 Å². The van der Waals surface area contributed by atoms with Crippen LogP contribution >= 0.6 is 0 Å². The van der Waals surface area contributed by atoms with Gasteiger partial charge < -0.3 is 10.1 Å². The lowest BCUT2D eigenvalue weighted by Gasteiger charge is -2.34. The van der Waals surface area contributed by atoms with Gasteiger partial charge in [-0.15, -0.1) is 0 Å². The predicted octanol–water partition coefficient (Wildman–Crippen LogP) is 4.85. The number of nitrogens with zero attached hydrogens (tertiary/aromatic N) is 1. The molecule has 1 aromatic rings. The molecule has 3 nitrogen and oxygen atoms in total. The van der Waals surface area contributed by atoms with Crippen LogP contribution < -0.4 is 10.1 Å². The van der Waals surface area contributed by atoms with Gasteiger partial charge in [-0.25, -0.2) is 4.98 Å². The Morgan fingerprint density at radius 3 is 2.19 bits per heavy atom. The second kappa shape index (κ2) is 15.3. The number of hydrogen-bond donors (Lipinski definition) is 1. The first-order chi connectivity index (χ1) is 10.3. The van der Waals surface area contributed by atoms with Crippen LogP contribution in [0.15, 0.2) is 18.3 Å². The number of ether oxygens (including phenoxy) is 1. The third-order valence-electron chi connectivity index (χ3n) is 3.00.